The molecule has 0 bridgehead atoms. The number of carbonyl (C=O) groups excluding carboxylic acids is 1. The van der Waals surface area contributed by atoms with Gasteiger partial charge >= 0.3 is 5.97 Å². The highest BCUT2D eigenvalue weighted by molar-refractivity contribution is 5.96. The molecule has 7 heteroatoms. The molecule has 2 aromatic rings. The van der Waals surface area contributed by atoms with Crippen molar-refractivity contribution < 1.29 is 14.7 Å². The van der Waals surface area contributed by atoms with Gasteiger partial charge in [-0.3, -0.25) is 9.59 Å². The SMILES string of the molecule is Cc1c(C(=O)NCC(=O)O)cnn1-c1ccccn1. The van der Waals surface area contributed by atoms with Crippen molar-refractivity contribution >= 4 is 11.9 Å². The van der Waals surface area contributed by atoms with Gasteiger partial charge in [0, 0.05) is 6.20 Å². The van der Waals surface area contributed by atoms with E-state index in [0.29, 0.717) is 17.1 Å². The lowest BCUT2D eigenvalue weighted by Gasteiger charge is -2.04. The number of pyridine rings is 1. The summed E-state index contributed by atoms with van der Waals surface area (Å²) in [5.74, 6) is -0.970. The molecule has 0 radical (unpaired) electrons. The van der Waals surface area contributed by atoms with Gasteiger partial charge < -0.3 is 10.4 Å². The quantitative estimate of drug-likeness (QED) is 0.828. The third kappa shape index (κ3) is 2.76. The maximum Gasteiger partial charge on any atom is 0.322 e. The molecule has 0 atom stereocenters. The zero-order valence-corrected chi connectivity index (χ0v) is 10.2. The van der Waals surface area contributed by atoms with E-state index >= 15 is 0 Å². The van der Waals surface area contributed by atoms with Gasteiger partial charge in [0.05, 0.1) is 17.5 Å². The number of carbonyl (C=O) groups is 2. The third-order valence-electron chi connectivity index (χ3n) is 2.52. The molecule has 19 heavy (non-hydrogen) atoms. The smallest absolute Gasteiger partial charge is 0.322 e. The van der Waals surface area contributed by atoms with Crippen LogP contribution >= 0.6 is 0 Å². The number of nitrogens with zero attached hydrogens (tertiary/aromatic N) is 3. The van der Waals surface area contributed by atoms with E-state index in [4.69, 9.17) is 5.11 Å². The fourth-order valence-corrected chi connectivity index (χ4v) is 1.59. The average Bonchev–Trinajstić information content (AvgIpc) is 2.79. The van der Waals surface area contributed by atoms with Crippen LogP contribution in [-0.4, -0.2) is 38.3 Å². The molecule has 0 aliphatic heterocycles. The standard InChI is InChI=1S/C12H12N4O3/c1-8-9(12(19)14-7-11(17)18)6-15-16(8)10-4-2-3-5-13-10/h2-6H,7H2,1H3,(H,14,19)(H,17,18). The van der Waals surface area contributed by atoms with Gasteiger partial charge in [-0.05, 0) is 19.1 Å². The molecule has 0 aliphatic rings. The minimum absolute atomic E-state index is 0.326. The molecular weight excluding hydrogens is 248 g/mol. The zero-order valence-electron chi connectivity index (χ0n) is 10.2. The first-order valence-electron chi connectivity index (χ1n) is 5.55. The molecule has 1 amide bonds. The van der Waals surface area contributed by atoms with E-state index < -0.39 is 18.4 Å². The normalized spacial score (nSPS) is 10.2. The summed E-state index contributed by atoms with van der Waals surface area (Å²) in [6.45, 7) is 1.30. The van der Waals surface area contributed by atoms with E-state index in [1.807, 2.05) is 6.07 Å². The van der Waals surface area contributed by atoms with Crippen molar-refractivity contribution in [2.24, 2.45) is 0 Å². The fourth-order valence-electron chi connectivity index (χ4n) is 1.59. The first-order valence-corrected chi connectivity index (χ1v) is 5.55. The molecule has 2 heterocycles. The van der Waals surface area contributed by atoms with Gasteiger partial charge in [-0.1, -0.05) is 6.07 Å². The first kappa shape index (κ1) is 12.7. The second-order valence-corrected chi connectivity index (χ2v) is 3.82. The van der Waals surface area contributed by atoms with Crippen LogP contribution in [-0.2, 0) is 4.79 Å². The van der Waals surface area contributed by atoms with Crippen molar-refractivity contribution in [2.45, 2.75) is 6.92 Å². The Balaban J connectivity index is 2.24. The van der Waals surface area contributed by atoms with E-state index in [1.165, 1.54) is 10.9 Å². The molecule has 0 aliphatic carbocycles. The molecule has 2 aromatic heterocycles. The minimum atomic E-state index is -1.09. The lowest BCUT2D eigenvalue weighted by Crippen LogP contribution is -2.29. The summed E-state index contributed by atoms with van der Waals surface area (Å²) in [5, 5.41) is 14.9. The summed E-state index contributed by atoms with van der Waals surface area (Å²) in [5.41, 5.74) is 0.925. The summed E-state index contributed by atoms with van der Waals surface area (Å²) in [4.78, 5) is 26.3. The van der Waals surface area contributed by atoms with Crippen LogP contribution in [0.1, 0.15) is 16.1 Å². The number of carboxylic acids is 1. The van der Waals surface area contributed by atoms with Crippen molar-refractivity contribution in [3.05, 3.63) is 41.9 Å². The highest BCUT2D eigenvalue weighted by Gasteiger charge is 2.15. The van der Waals surface area contributed by atoms with Gasteiger partial charge in [0.15, 0.2) is 5.82 Å². The second kappa shape index (κ2) is 5.30. The second-order valence-electron chi connectivity index (χ2n) is 3.82. The number of rotatable bonds is 4. The molecule has 0 unspecified atom stereocenters. The van der Waals surface area contributed by atoms with Gasteiger partial charge in [0.2, 0.25) is 0 Å². The van der Waals surface area contributed by atoms with Crippen molar-refractivity contribution in [2.75, 3.05) is 6.54 Å². The minimum Gasteiger partial charge on any atom is -0.480 e. The lowest BCUT2D eigenvalue weighted by molar-refractivity contribution is -0.135. The molecule has 98 valence electrons. The van der Waals surface area contributed by atoms with E-state index in [-0.39, 0.29) is 0 Å². The number of nitrogens with one attached hydrogen (secondary N) is 1. The number of hydrogen-bond acceptors (Lipinski definition) is 4. The number of aliphatic carboxylic acids is 1. The van der Waals surface area contributed by atoms with Crippen molar-refractivity contribution in [1.82, 2.24) is 20.1 Å². The van der Waals surface area contributed by atoms with Gasteiger partial charge in [-0.15, -0.1) is 0 Å². The monoisotopic (exact) mass is 260 g/mol. The lowest BCUT2D eigenvalue weighted by atomic mass is 10.2. The molecule has 0 saturated carbocycles. The van der Waals surface area contributed by atoms with Crippen LogP contribution in [0.5, 0.6) is 0 Å². The first-order chi connectivity index (χ1) is 9.09. The van der Waals surface area contributed by atoms with Crippen molar-refractivity contribution in [3.63, 3.8) is 0 Å². The molecular formula is C12H12N4O3. The molecule has 0 spiro atoms. The highest BCUT2D eigenvalue weighted by Crippen LogP contribution is 2.11. The molecule has 7 nitrogen and oxygen atoms in total. The summed E-state index contributed by atoms with van der Waals surface area (Å²) < 4.78 is 1.52. The van der Waals surface area contributed by atoms with Crippen molar-refractivity contribution in [1.29, 1.82) is 0 Å². The Hall–Kier alpha value is -2.70. The van der Waals surface area contributed by atoms with E-state index in [0.717, 1.165) is 0 Å². The predicted molar refractivity (Wildman–Crippen MR) is 66.1 cm³/mol. The van der Waals surface area contributed by atoms with Crippen LogP contribution in [0.2, 0.25) is 0 Å². The Morgan fingerprint density at radius 1 is 1.42 bits per heavy atom. The Kier molecular flexibility index (Phi) is 3.56. The molecule has 2 N–H and O–H groups in total. The van der Waals surface area contributed by atoms with Gasteiger partial charge in [0.1, 0.15) is 6.54 Å². The summed E-state index contributed by atoms with van der Waals surface area (Å²) >= 11 is 0. The van der Waals surface area contributed by atoms with Crippen LogP contribution in [0.3, 0.4) is 0 Å². The number of carboxylic acid groups (broad SMARTS) is 1. The Morgan fingerprint density at radius 3 is 2.84 bits per heavy atom. The van der Waals surface area contributed by atoms with Crippen LogP contribution in [0.25, 0.3) is 5.82 Å². The van der Waals surface area contributed by atoms with E-state index in [2.05, 4.69) is 15.4 Å². The van der Waals surface area contributed by atoms with E-state index in [1.54, 1.807) is 25.3 Å². The molecule has 0 aromatic carbocycles. The summed E-state index contributed by atoms with van der Waals surface area (Å²) in [7, 11) is 0. The molecule has 0 fully saturated rings. The Bertz CT molecular complexity index is 607. The Morgan fingerprint density at radius 2 is 2.21 bits per heavy atom. The van der Waals surface area contributed by atoms with Crippen molar-refractivity contribution in [3.8, 4) is 5.82 Å². The third-order valence-corrected chi connectivity index (χ3v) is 2.52. The van der Waals surface area contributed by atoms with Crippen LogP contribution < -0.4 is 5.32 Å². The number of aromatic nitrogens is 3. The largest absolute Gasteiger partial charge is 0.480 e. The fraction of sp³-hybridized carbons (Fsp3) is 0.167. The maximum absolute atomic E-state index is 11.8. The summed E-state index contributed by atoms with van der Waals surface area (Å²) in [6, 6.07) is 5.36. The average molecular weight is 260 g/mol. The van der Waals surface area contributed by atoms with E-state index in [9.17, 15) is 9.59 Å². The zero-order chi connectivity index (χ0) is 13.8. The highest BCUT2D eigenvalue weighted by atomic mass is 16.4. The molecule has 0 saturated heterocycles. The maximum atomic E-state index is 11.8. The summed E-state index contributed by atoms with van der Waals surface area (Å²) in [6.07, 6.45) is 3.02. The van der Waals surface area contributed by atoms with Gasteiger partial charge in [-0.25, -0.2) is 9.67 Å². The topological polar surface area (TPSA) is 97.1 Å². The predicted octanol–water partition coefficient (Wildman–Crippen LogP) is 0.390. The van der Waals surface area contributed by atoms with Gasteiger partial charge in [0.25, 0.3) is 5.91 Å². The van der Waals surface area contributed by atoms with Crippen LogP contribution in [0, 0.1) is 6.92 Å². The number of hydrogen-bond donors (Lipinski definition) is 2. The van der Waals surface area contributed by atoms with Gasteiger partial charge in [-0.2, -0.15) is 5.10 Å². The van der Waals surface area contributed by atoms with Crippen LogP contribution in [0.4, 0.5) is 0 Å². The number of amides is 1. The molecule has 2 rings (SSSR count). The van der Waals surface area contributed by atoms with Crippen LogP contribution in [0.15, 0.2) is 30.6 Å². The Labute approximate surface area is 108 Å².